The number of rotatable bonds is 3. The summed E-state index contributed by atoms with van der Waals surface area (Å²) in [5.74, 6) is 5.39. The Morgan fingerprint density at radius 2 is 1.76 bits per heavy atom. The van der Waals surface area contributed by atoms with Crippen molar-refractivity contribution in [3.8, 4) is 18.1 Å². The Kier molecular flexibility index (Phi) is 4.42. The Morgan fingerprint density at radius 3 is 2.34 bits per heavy atom. The summed E-state index contributed by atoms with van der Waals surface area (Å²) in [5, 5.41) is 1.57. The van der Waals surface area contributed by atoms with Crippen molar-refractivity contribution in [2.75, 3.05) is 0 Å². The SMILES string of the molecule is C#Cc1c(F)ccc2cc(OC(=O)C3C4CC5CC(C4)CC3C5)cc(C(C)C)c12. The predicted octanol–water partition coefficient (Wildman–Crippen LogP) is 6.06. The van der Waals surface area contributed by atoms with Gasteiger partial charge in [-0.1, -0.05) is 25.8 Å². The van der Waals surface area contributed by atoms with E-state index in [-0.39, 0.29) is 29.2 Å². The van der Waals surface area contributed by atoms with E-state index < -0.39 is 0 Å². The Morgan fingerprint density at radius 1 is 1.10 bits per heavy atom. The molecule has 2 aromatic carbocycles. The Hall–Kier alpha value is -2.34. The van der Waals surface area contributed by atoms with Gasteiger partial charge in [0, 0.05) is 5.39 Å². The zero-order valence-corrected chi connectivity index (χ0v) is 17.1. The van der Waals surface area contributed by atoms with E-state index in [9.17, 15) is 9.18 Å². The lowest BCUT2D eigenvalue weighted by molar-refractivity contribution is -0.152. The van der Waals surface area contributed by atoms with Gasteiger partial charge in [-0.25, -0.2) is 4.39 Å². The third-order valence-electron chi connectivity index (χ3n) is 7.55. The van der Waals surface area contributed by atoms with Crippen molar-refractivity contribution >= 4 is 16.7 Å². The van der Waals surface area contributed by atoms with Crippen LogP contribution in [0.3, 0.4) is 0 Å². The van der Waals surface area contributed by atoms with E-state index in [0.29, 0.717) is 17.6 Å². The van der Waals surface area contributed by atoms with Crippen LogP contribution < -0.4 is 4.74 Å². The van der Waals surface area contributed by atoms with Crippen LogP contribution in [0.1, 0.15) is 63.0 Å². The summed E-state index contributed by atoms with van der Waals surface area (Å²) in [6.07, 6.45) is 11.7. The minimum atomic E-state index is -0.389. The third kappa shape index (κ3) is 3.05. The maximum atomic E-state index is 14.3. The molecule has 2 nitrogen and oxygen atoms in total. The minimum Gasteiger partial charge on any atom is -0.426 e. The van der Waals surface area contributed by atoms with E-state index in [2.05, 4.69) is 5.92 Å². The fraction of sp³-hybridized carbons (Fsp3) is 0.500. The average Bonchev–Trinajstić information content (AvgIpc) is 2.66. The highest BCUT2D eigenvalue weighted by molar-refractivity contribution is 5.93. The zero-order valence-electron chi connectivity index (χ0n) is 17.1. The Bertz CT molecular complexity index is 1000. The first-order valence-corrected chi connectivity index (χ1v) is 10.9. The molecule has 0 radical (unpaired) electrons. The van der Waals surface area contributed by atoms with Crippen molar-refractivity contribution in [2.45, 2.75) is 51.9 Å². The molecule has 4 saturated carbocycles. The van der Waals surface area contributed by atoms with Gasteiger partial charge in [0.25, 0.3) is 0 Å². The molecule has 3 heteroatoms. The van der Waals surface area contributed by atoms with Gasteiger partial charge < -0.3 is 4.74 Å². The highest BCUT2D eigenvalue weighted by Gasteiger charge is 2.51. The smallest absolute Gasteiger partial charge is 0.314 e. The average molecular weight is 390 g/mol. The molecule has 4 aliphatic rings. The second-order valence-corrected chi connectivity index (χ2v) is 9.71. The van der Waals surface area contributed by atoms with Gasteiger partial charge in [-0.05, 0) is 90.8 Å². The number of hydrogen-bond acceptors (Lipinski definition) is 2. The fourth-order valence-electron chi connectivity index (χ4n) is 6.59. The molecule has 150 valence electrons. The first kappa shape index (κ1) is 18.7. The van der Waals surface area contributed by atoms with Gasteiger partial charge in [0.1, 0.15) is 11.6 Å². The lowest BCUT2D eigenvalue weighted by atomic mass is 9.52. The zero-order chi connectivity index (χ0) is 20.3. The van der Waals surface area contributed by atoms with E-state index in [4.69, 9.17) is 11.2 Å². The van der Waals surface area contributed by atoms with Crippen LogP contribution in [-0.4, -0.2) is 5.97 Å². The Balaban J connectivity index is 1.49. The first-order chi connectivity index (χ1) is 13.9. The summed E-state index contributed by atoms with van der Waals surface area (Å²) in [7, 11) is 0. The van der Waals surface area contributed by atoms with Crippen LogP contribution in [0.2, 0.25) is 0 Å². The van der Waals surface area contributed by atoms with Crippen LogP contribution in [-0.2, 0) is 4.79 Å². The van der Waals surface area contributed by atoms with Gasteiger partial charge in [0.2, 0.25) is 0 Å². The molecule has 0 aliphatic heterocycles. The summed E-state index contributed by atoms with van der Waals surface area (Å²) in [6, 6.07) is 6.82. The third-order valence-corrected chi connectivity index (χ3v) is 7.55. The van der Waals surface area contributed by atoms with E-state index >= 15 is 0 Å². The van der Waals surface area contributed by atoms with Crippen LogP contribution in [0.5, 0.6) is 5.75 Å². The number of benzene rings is 2. The van der Waals surface area contributed by atoms with Crippen molar-refractivity contribution in [3.63, 3.8) is 0 Å². The van der Waals surface area contributed by atoms with Gasteiger partial charge >= 0.3 is 5.97 Å². The molecule has 4 fully saturated rings. The topological polar surface area (TPSA) is 26.3 Å². The molecule has 0 N–H and O–H groups in total. The molecule has 6 rings (SSSR count). The van der Waals surface area contributed by atoms with E-state index in [1.54, 1.807) is 6.07 Å². The van der Waals surface area contributed by atoms with Crippen LogP contribution in [0.4, 0.5) is 4.39 Å². The summed E-state index contributed by atoms with van der Waals surface area (Å²) in [4.78, 5) is 13.2. The lowest BCUT2D eigenvalue weighted by Crippen LogP contribution is -2.49. The number of halogens is 1. The molecular formula is C26H27FO2. The second-order valence-electron chi connectivity index (χ2n) is 9.71. The van der Waals surface area contributed by atoms with Crippen molar-refractivity contribution in [1.29, 1.82) is 0 Å². The highest BCUT2D eigenvalue weighted by atomic mass is 19.1. The maximum Gasteiger partial charge on any atom is 0.314 e. The van der Waals surface area contributed by atoms with Crippen molar-refractivity contribution in [1.82, 2.24) is 0 Å². The van der Waals surface area contributed by atoms with Crippen LogP contribution in [0, 0.1) is 47.8 Å². The van der Waals surface area contributed by atoms with Gasteiger partial charge in [-0.15, -0.1) is 6.42 Å². The normalized spacial score (nSPS) is 30.0. The number of terminal acetylenes is 1. The fourth-order valence-corrected chi connectivity index (χ4v) is 6.59. The number of carbonyl (C=O) groups is 1. The highest BCUT2D eigenvalue weighted by Crippen LogP contribution is 2.56. The Labute approximate surface area is 171 Å². The van der Waals surface area contributed by atoms with E-state index in [0.717, 1.165) is 28.2 Å². The van der Waals surface area contributed by atoms with Crippen molar-refractivity contribution in [3.05, 3.63) is 41.2 Å². The number of esters is 1. The second kappa shape index (κ2) is 6.87. The first-order valence-electron chi connectivity index (χ1n) is 10.9. The monoisotopic (exact) mass is 390 g/mol. The minimum absolute atomic E-state index is 0.0375. The summed E-state index contributed by atoms with van der Waals surface area (Å²) >= 11 is 0. The predicted molar refractivity (Wildman–Crippen MR) is 112 cm³/mol. The summed E-state index contributed by atoms with van der Waals surface area (Å²) in [6.45, 7) is 4.09. The standard InChI is InChI=1S/C26H27FO2/c1-4-21-23(27)6-5-17-12-20(13-22(14(2)3)25(17)21)29-26(28)24-18-8-15-7-16(10-18)11-19(24)9-15/h1,5-6,12-16,18-19,24H,7-11H2,2-3H3. The maximum absolute atomic E-state index is 14.3. The lowest BCUT2D eigenvalue weighted by Gasteiger charge is -2.53. The molecule has 0 heterocycles. The van der Waals surface area contributed by atoms with Crippen molar-refractivity contribution in [2.24, 2.45) is 29.6 Å². The molecule has 0 unspecified atom stereocenters. The molecule has 2 aromatic rings. The number of fused-ring (bicyclic) bond motifs is 1. The summed E-state index contributed by atoms with van der Waals surface area (Å²) < 4.78 is 20.2. The quantitative estimate of drug-likeness (QED) is 0.362. The molecule has 0 atom stereocenters. The molecule has 0 aromatic heterocycles. The van der Waals surface area contributed by atoms with Gasteiger partial charge in [0.05, 0.1) is 11.5 Å². The molecule has 4 aliphatic carbocycles. The number of ether oxygens (including phenoxy) is 1. The van der Waals surface area contributed by atoms with Crippen molar-refractivity contribution < 1.29 is 13.9 Å². The van der Waals surface area contributed by atoms with E-state index in [1.165, 1.54) is 38.2 Å². The number of hydrogen-bond donors (Lipinski definition) is 0. The van der Waals surface area contributed by atoms with E-state index in [1.807, 2.05) is 26.0 Å². The van der Waals surface area contributed by atoms with Gasteiger partial charge in [0.15, 0.2) is 0 Å². The molecule has 0 amide bonds. The van der Waals surface area contributed by atoms with Gasteiger partial charge in [-0.3, -0.25) is 4.79 Å². The molecule has 4 bridgehead atoms. The number of carbonyl (C=O) groups excluding carboxylic acids is 1. The molecular weight excluding hydrogens is 363 g/mol. The van der Waals surface area contributed by atoms with Crippen LogP contribution in [0.15, 0.2) is 24.3 Å². The molecule has 0 saturated heterocycles. The summed E-state index contributed by atoms with van der Waals surface area (Å²) in [5.41, 5.74) is 1.20. The van der Waals surface area contributed by atoms with Crippen LogP contribution >= 0.6 is 0 Å². The molecule has 0 spiro atoms. The molecule has 29 heavy (non-hydrogen) atoms. The van der Waals surface area contributed by atoms with Crippen LogP contribution in [0.25, 0.3) is 10.8 Å². The largest absolute Gasteiger partial charge is 0.426 e. The van der Waals surface area contributed by atoms with Gasteiger partial charge in [-0.2, -0.15) is 0 Å².